The maximum Gasteiger partial charge on any atom is 0.208 e. The van der Waals surface area contributed by atoms with Gasteiger partial charge in [-0.15, -0.1) is 0 Å². The molecule has 0 atom stereocenters. The minimum Gasteiger partial charge on any atom is -0.357 e. The number of hydrogen-bond acceptors (Lipinski definition) is 3. The number of hydrogen-bond donors (Lipinski definition) is 3. The van der Waals surface area contributed by atoms with Crippen molar-refractivity contribution in [2.75, 3.05) is 25.9 Å². The van der Waals surface area contributed by atoms with E-state index in [1.165, 1.54) is 0 Å². The molecule has 0 fully saturated rings. The molecule has 3 N–H and O–H groups in total. The summed E-state index contributed by atoms with van der Waals surface area (Å²) in [7, 11) is -3.12. The van der Waals surface area contributed by atoms with Gasteiger partial charge in [0.15, 0.2) is 5.96 Å². The van der Waals surface area contributed by atoms with E-state index in [1.54, 1.807) is 0 Å². The van der Waals surface area contributed by atoms with Crippen molar-refractivity contribution in [2.45, 2.75) is 19.9 Å². The van der Waals surface area contributed by atoms with E-state index in [0.29, 0.717) is 37.0 Å². The molecule has 0 radical (unpaired) electrons. The highest BCUT2D eigenvalue weighted by Crippen LogP contribution is 2.09. The third kappa shape index (κ3) is 8.86. The summed E-state index contributed by atoms with van der Waals surface area (Å²) >= 11 is 5.85. The highest BCUT2D eigenvalue weighted by molar-refractivity contribution is 7.88. The number of benzene rings is 1. The molecule has 0 unspecified atom stereocenters. The summed E-state index contributed by atoms with van der Waals surface area (Å²) in [4.78, 5) is 4.47. The van der Waals surface area contributed by atoms with Gasteiger partial charge in [0.05, 0.1) is 12.8 Å². The van der Waals surface area contributed by atoms with E-state index in [-0.39, 0.29) is 0 Å². The van der Waals surface area contributed by atoms with Crippen LogP contribution in [0.4, 0.5) is 0 Å². The van der Waals surface area contributed by atoms with Crippen molar-refractivity contribution < 1.29 is 8.42 Å². The van der Waals surface area contributed by atoms with Crippen LogP contribution in [0.15, 0.2) is 29.3 Å². The van der Waals surface area contributed by atoms with Gasteiger partial charge in [-0.25, -0.2) is 18.1 Å². The fourth-order valence-electron chi connectivity index (χ4n) is 1.65. The molecule has 124 valence electrons. The summed E-state index contributed by atoms with van der Waals surface area (Å²) in [6.45, 7) is 4.34. The van der Waals surface area contributed by atoms with Crippen LogP contribution in [0.1, 0.15) is 18.9 Å². The Balaban J connectivity index is 2.40. The first-order chi connectivity index (χ1) is 10.4. The SMILES string of the molecule is CCNC(=NCc1ccc(Cl)cc1)NCCCNS(C)(=O)=O. The number of nitrogens with zero attached hydrogens (tertiary/aromatic N) is 1. The summed E-state index contributed by atoms with van der Waals surface area (Å²) in [5, 5.41) is 7.02. The van der Waals surface area contributed by atoms with E-state index in [9.17, 15) is 8.42 Å². The van der Waals surface area contributed by atoms with Gasteiger partial charge in [0.25, 0.3) is 0 Å². The van der Waals surface area contributed by atoms with Crippen LogP contribution in [0.3, 0.4) is 0 Å². The van der Waals surface area contributed by atoms with E-state index in [0.717, 1.165) is 18.4 Å². The van der Waals surface area contributed by atoms with Crippen LogP contribution in [0.5, 0.6) is 0 Å². The first-order valence-electron chi connectivity index (χ1n) is 7.12. The molecule has 0 heterocycles. The Morgan fingerprint density at radius 2 is 1.86 bits per heavy atom. The monoisotopic (exact) mass is 346 g/mol. The first kappa shape index (κ1) is 18.7. The second-order valence-electron chi connectivity index (χ2n) is 4.77. The summed E-state index contributed by atoms with van der Waals surface area (Å²) in [5.74, 6) is 0.705. The van der Waals surface area contributed by atoms with E-state index in [2.05, 4.69) is 20.3 Å². The second-order valence-corrected chi connectivity index (χ2v) is 7.04. The fraction of sp³-hybridized carbons (Fsp3) is 0.500. The van der Waals surface area contributed by atoms with Gasteiger partial charge in [-0.1, -0.05) is 23.7 Å². The molecule has 0 aromatic heterocycles. The van der Waals surface area contributed by atoms with Gasteiger partial charge in [0.2, 0.25) is 10.0 Å². The number of sulfonamides is 1. The van der Waals surface area contributed by atoms with Crippen LogP contribution < -0.4 is 15.4 Å². The molecule has 0 bridgehead atoms. The summed E-state index contributed by atoms with van der Waals surface area (Å²) in [5.41, 5.74) is 1.07. The number of guanidine groups is 1. The molecule has 0 aliphatic rings. The Hall–Kier alpha value is -1.31. The number of nitrogens with one attached hydrogen (secondary N) is 3. The maximum atomic E-state index is 10.9. The van der Waals surface area contributed by atoms with Crippen LogP contribution in [-0.4, -0.2) is 40.3 Å². The molecule has 0 amide bonds. The minimum absolute atomic E-state index is 0.405. The average Bonchev–Trinajstić information content (AvgIpc) is 2.44. The molecule has 8 heteroatoms. The topological polar surface area (TPSA) is 82.6 Å². The maximum absolute atomic E-state index is 10.9. The summed E-state index contributed by atoms with van der Waals surface area (Å²) in [6, 6.07) is 7.55. The van der Waals surface area contributed by atoms with Crippen molar-refractivity contribution >= 4 is 27.6 Å². The van der Waals surface area contributed by atoms with Crippen molar-refractivity contribution in [1.29, 1.82) is 0 Å². The highest BCUT2D eigenvalue weighted by atomic mass is 35.5. The molecule has 0 saturated heterocycles. The van der Waals surface area contributed by atoms with Gasteiger partial charge >= 0.3 is 0 Å². The van der Waals surface area contributed by atoms with Crippen LogP contribution in [0.25, 0.3) is 0 Å². The van der Waals surface area contributed by atoms with Crippen molar-refractivity contribution in [1.82, 2.24) is 15.4 Å². The molecular formula is C14H23ClN4O2S. The first-order valence-corrected chi connectivity index (χ1v) is 9.39. The van der Waals surface area contributed by atoms with Crippen LogP contribution in [0, 0.1) is 0 Å². The molecule has 0 saturated carbocycles. The normalized spacial score (nSPS) is 12.2. The summed E-state index contributed by atoms with van der Waals surface area (Å²) in [6.07, 6.45) is 1.83. The zero-order chi connectivity index (χ0) is 16.4. The molecule has 1 rings (SSSR count). The van der Waals surface area contributed by atoms with E-state index in [4.69, 9.17) is 11.6 Å². The Morgan fingerprint density at radius 3 is 2.45 bits per heavy atom. The molecule has 22 heavy (non-hydrogen) atoms. The van der Waals surface area contributed by atoms with Crippen LogP contribution in [0.2, 0.25) is 5.02 Å². The van der Waals surface area contributed by atoms with E-state index < -0.39 is 10.0 Å². The zero-order valence-corrected chi connectivity index (χ0v) is 14.5. The third-order valence-electron chi connectivity index (χ3n) is 2.69. The van der Waals surface area contributed by atoms with Crippen molar-refractivity contribution in [3.8, 4) is 0 Å². The average molecular weight is 347 g/mol. The van der Waals surface area contributed by atoms with Gasteiger partial charge in [-0.2, -0.15) is 0 Å². The lowest BCUT2D eigenvalue weighted by molar-refractivity contribution is 0.584. The Morgan fingerprint density at radius 1 is 1.18 bits per heavy atom. The van der Waals surface area contributed by atoms with Crippen LogP contribution >= 0.6 is 11.6 Å². The highest BCUT2D eigenvalue weighted by Gasteiger charge is 2.00. The largest absolute Gasteiger partial charge is 0.357 e. The van der Waals surface area contributed by atoms with E-state index >= 15 is 0 Å². The predicted molar refractivity (Wildman–Crippen MR) is 91.7 cm³/mol. The quantitative estimate of drug-likeness (QED) is 0.377. The van der Waals surface area contributed by atoms with Crippen LogP contribution in [-0.2, 0) is 16.6 Å². The fourth-order valence-corrected chi connectivity index (χ4v) is 2.30. The molecule has 0 aliphatic carbocycles. The Labute approximate surface area is 137 Å². The molecule has 1 aromatic rings. The molecule has 6 nitrogen and oxygen atoms in total. The number of halogens is 1. The molecular weight excluding hydrogens is 324 g/mol. The lowest BCUT2D eigenvalue weighted by atomic mass is 10.2. The molecule has 1 aromatic carbocycles. The number of rotatable bonds is 8. The predicted octanol–water partition coefficient (Wildman–Crippen LogP) is 1.33. The number of aliphatic imine (C=N–C) groups is 1. The Kier molecular flexibility index (Phi) is 8.22. The summed E-state index contributed by atoms with van der Waals surface area (Å²) < 4.78 is 24.3. The van der Waals surface area contributed by atoms with Gasteiger partial charge < -0.3 is 10.6 Å². The van der Waals surface area contributed by atoms with Gasteiger partial charge in [0.1, 0.15) is 0 Å². The lowest BCUT2D eigenvalue weighted by Gasteiger charge is -2.11. The van der Waals surface area contributed by atoms with Crippen molar-refractivity contribution in [3.05, 3.63) is 34.9 Å². The smallest absolute Gasteiger partial charge is 0.208 e. The van der Waals surface area contributed by atoms with Gasteiger partial charge in [-0.05, 0) is 31.0 Å². The lowest BCUT2D eigenvalue weighted by Crippen LogP contribution is -2.38. The van der Waals surface area contributed by atoms with Crippen molar-refractivity contribution in [2.24, 2.45) is 4.99 Å². The zero-order valence-electron chi connectivity index (χ0n) is 12.9. The van der Waals surface area contributed by atoms with E-state index in [1.807, 2.05) is 31.2 Å². The van der Waals surface area contributed by atoms with Crippen molar-refractivity contribution in [3.63, 3.8) is 0 Å². The van der Waals surface area contributed by atoms with Gasteiger partial charge in [0, 0.05) is 24.7 Å². The standard InChI is InChI=1S/C14H23ClN4O2S/c1-3-16-14(17-9-4-10-19-22(2,20)21)18-11-12-5-7-13(15)8-6-12/h5-8,19H,3-4,9-11H2,1-2H3,(H2,16,17,18). The Bertz CT molecular complexity index is 573. The minimum atomic E-state index is -3.12. The second kappa shape index (κ2) is 9.66. The third-order valence-corrected chi connectivity index (χ3v) is 3.67. The molecule has 0 aliphatic heterocycles. The molecule has 0 spiro atoms. The van der Waals surface area contributed by atoms with Gasteiger partial charge in [-0.3, -0.25) is 0 Å².